The summed E-state index contributed by atoms with van der Waals surface area (Å²) in [5.41, 5.74) is 24.8. The smallest absolute Gasteiger partial charge is 0.451 e. The van der Waals surface area contributed by atoms with Gasteiger partial charge in [0, 0.05) is 237 Å². The third kappa shape index (κ3) is 46.7. The topological polar surface area (TPSA) is 392 Å². The van der Waals surface area contributed by atoms with Crippen LogP contribution in [0.25, 0.3) is 0 Å². The van der Waals surface area contributed by atoms with Crippen molar-refractivity contribution in [2.24, 2.45) is 28.9 Å². The first-order valence-electron chi connectivity index (χ1n) is 36.4. The van der Waals surface area contributed by atoms with E-state index in [1.807, 2.05) is 44.2 Å². The zero-order valence-corrected chi connectivity index (χ0v) is 75.7. The van der Waals surface area contributed by atoms with E-state index in [1.54, 1.807) is 128 Å². The van der Waals surface area contributed by atoms with Gasteiger partial charge >= 0.3 is 61.6 Å². The van der Waals surface area contributed by atoms with Gasteiger partial charge < -0.3 is 151 Å². The van der Waals surface area contributed by atoms with E-state index in [0.29, 0.717) is 89.3 Å². The molecule has 13 N–H and O–H groups in total. The number of rotatable bonds is 56. The van der Waals surface area contributed by atoms with Crippen LogP contribution in [-0.2, 0) is 120 Å². The number of nitrogens with two attached hydrogens (primary N) is 4. The van der Waals surface area contributed by atoms with E-state index >= 15 is 0 Å². The molecule has 0 bridgehead atoms. The van der Waals surface area contributed by atoms with Crippen molar-refractivity contribution in [1.29, 1.82) is 0 Å². The molecule has 107 heavy (non-hydrogen) atoms. The average molecular weight is 1660 g/mol. The van der Waals surface area contributed by atoms with E-state index in [4.69, 9.17) is 137 Å². The molecule has 5 rings (SSSR count). The molecule has 632 valence electrons. The molecule has 4 unspecified atom stereocenters. The summed E-state index contributed by atoms with van der Waals surface area (Å²) in [6.07, 6.45) is 16.8. The summed E-state index contributed by atoms with van der Waals surface area (Å²) in [4.78, 5) is 0. The third-order valence-electron chi connectivity index (χ3n) is 17.2. The molecule has 2 saturated heterocycles. The molecule has 2 aliphatic heterocycles. The Morgan fingerprint density at radius 3 is 1.29 bits per heavy atom. The summed E-state index contributed by atoms with van der Waals surface area (Å²) < 4.78 is 128. The minimum atomic E-state index is -2.63. The van der Waals surface area contributed by atoms with Crippen molar-refractivity contribution in [2.45, 2.75) is 132 Å². The molecule has 1 aliphatic carbocycles. The molecule has 0 radical (unpaired) electrons. The lowest BCUT2D eigenvalue weighted by Crippen LogP contribution is -2.45. The highest BCUT2D eigenvalue weighted by Crippen LogP contribution is 2.42. The Kier molecular flexibility index (Phi) is 66.1. The third-order valence-corrected chi connectivity index (χ3v) is 37.1. The molecule has 0 spiro atoms. The Labute approximate surface area is 652 Å². The standard InChI is InChI=1S/C12H22N2O3Si.C12H21NO3Si.C10H20O4Si.C9H19NO3Si.C9H20O5Si.C8H23N3O3Si.C7H20N2O3Si.H2/c1-15-18(16-2,17-3)9-12-6-4-11(5-7-12)8-14-10-13;1-14-17(15-2,16-3)11-7-10-13-12-8-5-4-6-9-12;1-11-15(12-2,13-3)7-8-4-5-9-10(6-8)14-9;1-4-11-14(12-5-2,13-6-3)9-7-8-10;1-10-15(11-2,12-3)6-4-5-13-7-9-8-14-9;1-12-15(13-2,14-3)6-4-5-10-8-11-7-9;1-10-13(11-2,12-3)6-4-5-9-7-8;/h4-7,14H,8-10,13H2,1-3H3;4-6,8-9,13H,7,10-11H2,1-3H3;8-10H,4-7H2,1-3H3;1H,5-10H2,2-3H3;9H,4-8H2,1-3H3;10-11H,4-9H2,1-3H3;9H,4-8H2,1-3H3;1H. The summed E-state index contributed by atoms with van der Waals surface area (Å²) in [5, 5.41) is 15.6. The van der Waals surface area contributed by atoms with Crippen molar-refractivity contribution >= 4 is 67.3 Å². The fourth-order valence-corrected chi connectivity index (χ4v) is 23.6. The van der Waals surface area contributed by atoms with Gasteiger partial charge in [0.1, 0.15) is 6.10 Å². The zero-order chi connectivity index (χ0) is 80.6. The quantitative estimate of drug-likeness (QED) is 0.0132. The van der Waals surface area contributed by atoms with Crippen LogP contribution in [0.2, 0.25) is 36.3 Å². The first kappa shape index (κ1) is 107. The van der Waals surface area contributed by atoms with Crippen molar-refractivity contribution in [2.75, 3.05) is 219 Å². The monoisotopic (exact) mass is 1660 g/mol. The maximum atomic E-state index is 5.52. The zero-order valence-electron chi connectivity index (χ0n) is 68.7. The van der Waals surface area contributed by atoms with E-state index in [-0.39, 0.29) is 1.43 Å². The van der Waals surface area contributed by atoms with Crippen LogP contribution in [-0.4, -0.2) is 294 Å². The lowest BCUT2D eigenvalue weighted by molar-refractivity contribution is 0.1000. The van der Waals surface area contributed by atoms with Crippen LogP contribution >= 0.6 is 0 Å². The van der Waals surface area contributed by atoms with Gasteiger partial charge in [-0.3, -0.25) is 5.32 Å². The lowest BCUT2D eigenvalue weighted by atomic mass is 9.91. The van der Waals surface area contributed by atoms with Gasteiger partial charge in [-0.15, -0.1) is 0 Å². The molecule has 2 aromatic rings. The minimum Gasteiger partial charge on any atom is -0.451 e. The van der Waals surface area contributed by atoms with Crippen LogP contribution in [0.4, 0.5) is 5.69 Å². The predicted molar refractivity (Wildman–Crippen MR) is 432 cm³/mol. The number of anilines is 1. The SMILES string of the molecule is C#CO[Si](CCCN)(OCC)OCC.CO[Si](CC1CCC2OC2C1)(OC)OC.CO[Si](CCCNCN)(OC)OC.CO[Si](CCCNCNCN)(OC)OC.CO[Si](CCCNc1ccccc1)(OC)OC.CO[Si](CCCOCC1CO1)(OC)OC.CO[Si](Cc1ccc(CNCN)cc1)(OC)OC.[HH]. The molecule has 2 heterocycles. The molecule has 40 heteroatoms. The van der Waals surface area contributed by atoms with E-state index in [2.05, 4.69) is 57.0 Å². The number of para-hydroxylation sites is 1. The first-order valence-corrected chi connectivity index (χ1v) is 49.9. The molecule has 0 aromatic heterocycles. The van der Waals surface area contributed by atoms with Gasteiger partial charge in [0.15, 0.2) is 0 Å². The average Bonchev–Trinajstić information content (AvgIpc) is 1.65. The number of fused-ring (bicyclic) bond motifs is 1. The van der Waals surface area contributed by atoms with Crippen LogP contribution in [0.1, 0.15) is 77.8 Å². The van der Waals surface area contributed by atoms with Gasteiger partial charge in [0.05, 0.1) is 31.5 Å². The second-order valence-corrected chi connectivity index (χ2v) is 44.7. The number of nitrogens with one attached hydrogen (secondary N) is 5. The van der Waals surface area contributed by atoms with Gasteiger partial charge in [-0.1, -0.05) is 48.9 Å². The second-order valence-electron chi connectivity index (χ2n) is 23.7. The number of hydrogen-bond acceptors (Lipinski definition) is 33. The highest BCUT2D eigenvalue weighted by molar-refractivity contribution is 6.62. The maximum absolute atomic E-state index is 5.52. The fourth-order valence-electron chi connectivity index (χ4n) is 10.7. The number of ether oxygens (including phenoxy) is 3. The second kappa shape index (κ2) is 66.2. The largest absolute Gasteiger partial charge is 0.574 e. The van der Waals surface area contributed by atoms with Crippen LogP contribution in [0.15, 0.2) is 54.6 Å². The van der Waals surface area contributed by atoms with Crippen LogP contribution in [0, 0.1) is 18.4 Å². The molecular formula is C67H147N9O24Si7. The Balaban J connectivity index is -0.00000119. The van der Waals surface area contributed by atoms with Crippen LogP contribution in [0.3, 0.4) is 0 Å². The Morgan fingerprint density at radius 1 is 0.467 bits per heavy atom. The van der Waals surface area contributed by atoms with Crippen molar-refractivity contribution in [3.05, 3.63) is 65.7 Å². The first-order chi connectivity index (χ1) is 51.7. The van der Waals surface area contributed by atoms with E-state index < -0.39 is 61.6 Å². The minimum absolute atomic E-state index is 0. The highest BCUT2D eigenvalue weighted by Gasteiger charge is 2.49. The normalized spacial score (nSPS) is 16.2. The molecule has 2 aromatic carbocycles. The molecule has 3 aliphatic rings. The van der Waals surface area contributed by atoms with E-state index in [9.17, 15) is 0 Å². The van der Waals surface area contributed by atoms with Gasteiger partial charge in [0.2, 0.25) is 0 Å². The number of hydrogen-bond donors (Lipinski definition) is 9. The Morgan fingerprint density at radius 2 is 0.888 bits per heavy atom. The van der Waals surface area contributed by atoms with E-state index in [1.165, 1.54) is 18.4 Å². The maximum Gasteiger partial charge on any atom is 0.574 e. The van der Waals surface area contributed by atoms with Gasteiger partial charge in [-0.05, 0) is 114 Å². The molecule has 3 fully saturated rings. The highest BCUT2D eigenvalue weighted by atomic mass is 28.4. The number of terminal acetylenes is 1. The van der Waals surface area contributed by atoms with Crippen molar-refractivity contribution in [3.63, 3.8) is 0 Å². The molecular weight excluding hydrogens is 1510 g/mol. The van der Waals surface area contributed by atoms with E-state index in [0.717, 1.165) is 119 Å². The Hall–Kier alpha value is -2.12. The van der Waals surface area contributed by atoms with Crippen LogP contribution in [0.5, 0.6) is 0 Å². The predicted octanol–water partition coefficient (Wildman–Crippen LogP) is 5.39. The molecule has 4 atom stereocenters. The van der Waals surface area contributed by atoms with Crippen molar-refractivity contribution in [1.82, 2.24) is 21.3 Å². The summed E-state index contributed by atoms with van der Waals surface area (Å²) in [7, 11) is 12.4. The van der Waals surface area contributed by atoms with Gasteiger partial charge in [0.25, 0.3) is 0 Å². The Bertz CT molecular complexity index is 2310. The number of epoxide rings is 2. The summed E-state index contributed by atoms with van der Waals surface area (Å²) in [6, 6.07) is 23.9. The van der Waals surface area contributed by atoms with Gasteiger partial charge in [-0.2, -0.15) is 0 Å². The molecule has 1 saturated carbocycles. The van der Waals surface area contributed by atoms with Gasteiger partial charge in [-0.25, -0.2) is 0 Å². The fraction of sp³-hybridized carbons (Fsp3) is 0.791. The lowest BCUT2D eigenvalue weighted by Gasteiger charge is -2.29. The van der Waals surface area contributed by atoms with Crippen molar-refractivity contribution in [3.8, 4) is 12.5 Å². The summed E-state index contributed by atoms with van der Waals surface area (Å²) >= 11 is 0. The summed E-state index contributed by atoms with van der Waals surface area (Å²) in [5.74, 6) is 0.639. The van der Waals surface area contributed by atoms with Crippen molar-refractivity contribution < 1.29 is 109 Å². The number of benzene rings is 2. The van der Waals surface area contributed by atoms with Crippen LogP contribution < -0.4 is 49.5 Å². The summed E-state index contributed by atoms with van der Waals surface area (Å²) in [6.45, 7) is 13.3. The molecule has 0 amide bonds. The molecule has 33 nitrogen and oxygen atoms in total.